The van der Waals surface area contributed by atoms with Gasteiger partial charge in [-0.2, -0.15) is 0 Å². The highest BCUT2D eigenvalue weighted by Gasteiger charge is 2.44. The number of quaternary nitrogens is 1. The summed E-state index contributed by atoms with van der Waals surface area (Å²) in [6.45, 7) is 2.56. The molecule has 3 aromatic rings. The van der Waals surface area contributed by atoms with Crippen molar-refractivity contribution < 1.29 is 14.8 Å². The lowest BCUT2D eigenvalue weighted by atomic mass is 9.70. The number of nitrogens with one attached hydrogen (secondary N) is 1. The Labute approximate surface area is 207 Å². The van der Waals surface area contributed by atoms with Crippen molar-refractivity contribution in [1.82, 2.24) is 4.90 Å². The second kappa shape index (κ2) is 10.3. The summed E-state index contributed by atoms with van der Waals surface area (Å²) in [4.78, 5) is 17.0. The van der Waals surface area contributed by atoms with Crippen molar-refractivity contribution in [1.29, 1.82) is 0 Å². The molecule has 0 bridgehead atoms. The number of aliphatic hydroxyl groups is 1. The van der Waals surface area contributed by atoms with Crippen molar-refractivity contribution in [2.24, 2.45) is 0 Å². The van der Waals surface area contributed by atoms with E-state index in [1.165, 1.54) is 4.90 Å². The maximum Gasteiger partial charge on any atom is 0.237 e. The highest BCUT2D eigenvalue weighted by Crippen LogP contribution is 2.37. The van der Waals surface area contributed by atoms with Gasteiger partial charge in [0.25, 0.3) is 0 Å². The third-order valence-electron chi connectivity index (χ3n) is 7.32. The number of likely N-dealkylation sites (tertiary alicyclic amines) is 1. The molecule has 0 spiro atoms. The molecule has 1 amide bonds. The van der Waals surface area contributed by atoms with Gasteiger partial charge in [0.1, 0.15) is 11.0 Å². The van der Waals surface area contributed by atoms with Gasteiger partial charge in [-0.1, -0.05) is 84.4 Å². The van der Waals surface area contributed by atoms with Crippen molar-refractivity contribution in [3.8, 4) is 0 Å². The number of carbonyl (C=O) groups excluding carboxylic acids is 1. The van der Waals surface area contributed by atoms with E-state index in [1.54, 1.807) is 4.90 Å². The standard InChI is InChI=1S/C29H33ClN2O2/c1-31(2)27(33)29(24-9-5-3-6-10-24,25-11-7-4-8-12-25)19-22-32-20-17-28(34,18-21-32)23-13-15-26(30)16-14-23/h3-16,34H,17-22H2,1-2H3/p+1. The number of nitrogens with zero attached hydrogens (tertiary/aromatic N) is 1. The lowest BCUT2D eigenvalue weighted by molar-refractivity contribution is -0.908. The molecule has 1 heterocycles. The number of rotatable bonds is 7. The van der Waals surface area contributed by atoms with E-state index in [2.05, 4.69) is 24.3 Å². The van der Waals surface area contributed by atoms with E-state index in [0.29, 0.717) is 24.3 Å². The second-order valence-electron chi connectivity index (χ2n) is 9.63. The lowest BCUT2D eigenvalue weighted by Gasteiger charge is -2.39. The number of amides is 1. The Balaban J connectivity index is 1.57. The molecule has 4 rings (SSSR count). The van der Waals surface area contributed by atoms with Gasteiger partial charge in [0.15, 0.2) is 0 Å². The number of likely N-dealkylation sites (N-methyl/N-ethyl adjacent to an activating group) is 1. The van der Waals surface area contributed by atoms with Gasteiger partial charge in [-0.05, 0) is 28.8 Å². The molecule has 0 unspecified atom stereocenters. The average molecular weight is 478 g/mol. The number of hydrogen-bond acceptors (Lipinski definition) is 2. The van der Waals surface area contributed by atoms with Gasteiger partial charge in [-0.25, -0.2) is 0 Å². The Kier molecular flexibility index (Phi) is 7.42. The molecular formula is C29H34ClN2O2+. The molecule has 1 fully saturated rings. The van der Waals surface area contributed by atoms with Crippen LogP contribution in [-0.2, 0) is 15.8 Å². The summed E-state index contributed by atoms with van der Waals surface area (Å²) < 4.78 is 0. The molecule has 178 valence electrons. The number of carbonyl (C=O) groups is 1. The summed E-state index contributed by atoms with van der Waals surface area (Å²) in [7, 11) is 3.67. The van der Waals surface area contributed by atoms with Crippen LogP contribution in [0, 0.1) is 0 Å². The van der Waals surface area contributed by atoms with Crippen molar-refractivity contribution >= 4 is 17.5 Å². The lowest BCUT2D eigenvalue weighted by Crippen LogP contribution is -3.13. The molecule has 0 atom stereocenters. The zero-order valence-electron chi connectivity index (χ0n) is 20.0. The molecular weight excluding hydrogens is 444 g/mol. The van der Waals surface area contributed by atoms with Crippen molar-refractivity contribution in [3.63, 3.8) is 0 Å². The molecule has 4 nitrogen and oxygen atoms in total. The Morgan fingerprint density at radius 2 is 1.41 bits per heavy atom. The first-order chi connectivity index (χ1) is 16.3. The van der Waals surface area contributed by atoms with Crippen molar-refractivity contribution in [3.05, 3.63) is 107 Å². The molecule has 2 N–H and O–H groups in total. The highest BCUT2D eigenvalue weighted by molar-refractivity contribution is 6.30. The maximum atomic E-state index is 13.8. The fraction of sp³-hybridized carbons (Fsp3) is 0.345. The van der Waals surface area contributed by atoms with E-state index in [9.17, 15) is 9.90 Å². The summed E-state index contributed by atoms with van der Waals surface area (Å²) in [6, 6.07) is 27.8. The van der Waals surface area contributed by atoms with Gasteiger partial charge in [-0.15, -0.1) is 0 Å². The number of piperidine rings is 1. The molecule has 1 saturated heterocycles. The van der Waals surface area contributed by atoms with Crippen molar-refractivity contribution in [2.45, 2.75) is 30.3 Å². The normalized spacial score (nSPS) is 20.6. The summed E-state index contributed by atoms with van der Waals surface area (Å²) in [5.41, 5.74) is 1.41. The van der Waals surface area contributed by atoms with Gasteiger partial charge in [0, 0.05) is 38.4 Å². The Morgan fingerprint density at radius 3 is 1.88 bits per heavy atom. The predicted octanol–water partition coefficient (Wildman–Crippen LogP) is 3.67. The highest BCUT2D eigenvalue weighted by atomic mass is 35.5. The molecule has 1 aliphatic heterocycles. The minimum Gasteiger partial charge on any atom is -0.385 e. The van der Waals surface area contributed by atoms with Gasteiger partial charge in [0.05, 0.1) is 19.6 Å². The Hall–Kier alpha value is -2.66. The second-order valence-corrected chi connectivity index (χ2v) is 10.1. The largest absolute Gasteiger partial charge is 0.385 e. The minimum absolute atomic E-state index is 0.0963. The van der Waals surface area contributed by atoms with E-state index in [4.69, 9.17) is 11.6 Å². The Bertz CT molecular complexity index is 1040. The van der Waals surface area contributed by atoms with E-state index in [1.807, 2.05) is 74.8 Å². The summed E-state index contributed by atoms with van der Waals surface area (Å²) >= 11 is 6.04. The SMILES string of the molecule is CN(C)C(=O)C(CC[NH+]1CCC(O)(c2ccc(Cl)cc2)CC1)(c1ccccc1)c1ccccc1. The van der Waals surface area contributed by atoms with E-state index in [-0.39, 0.29) is 5.91 Å². The van der Waals surface area contributed by atoms with Crippen LogP contribution >= 0.6 is 11.6 Å². The average Bonchev–Trinajstić information content (AvgIpc) is 2.87. The molecule has 1 aliphatic rings. The van der Waals surface area contributed by atoms with Crippen LogP contribution in [0.25, 0.3) is 0 Å². The van der Waals surface area contributed by atoms with Crippen LogP contribution in [0.15, 0.2) is 84.9 Å². The van der Waals surface area contributed by atoms with E-state index in [0.717, 1.165) is 36.3 Å². The van der Waals surface area contributed by atoms with Crippen LogP contribution in [-0.4, -0.2) is 49.6 Å². The minimum atomic E-state index is -0.816. The molecule has 0 aliphatic carbocycles. The molecule has 0 saturated carbocycles. The van der Waals surface area contributed by atoms with Crippen LogP contribution in [0.4, 0.5) is 0 Å². The molecule has 3 aromatic carbocycles. The third kappa shape index (κ3) is 4.90. The van der Waals surface area contributed by atoms with Gasteiger partial charge in [0.2, 0.25) is 5.91 Å². The van der Waals surface area contributed by atoms with Crippen LogP contribution in [0.2, 0.25) is 5.02 Å². The first-order valence-electron chi connectivity index (χ1n) is 12.0. The number of halogens is 1. The van der Waals surface area contributed by atoms with Gasteiger partial charge in [-0.3, -0.25) is 4.79 Å². The first kappa shape index (κ1) is 24.5. The number of benzene rings is 3. The summed E-state index contributed by atoms with van der Waals surface area (Å²) in [6.07, 6.45) is 2.08. The Morgan fingerprint density at radius 1 is 0.912 bits per heavy atom. The summed E-state index contributed by atoms with van der Waals surface area (Å²) in [5.74, 6) is 0.0963. The quantitative estimate of drug-likeness (QED) is 0.545. The molecule has 0 radical (unpaired) electrons. The first-order valence-corrected chi connectivity index (χ1v) is 12.4. The van der Waals surface area contributed by atoms with Gasteiger partial charge < -0.3 is 14.9 Å². The topological polar surface area (TPSA) is 45.0 Å². The smallest absolute Gasteiger partial charge is 0.237 e. The van der Waals surface area contributed by atoms with Crippen LogP contribution in [0.5, 0.6) is 0 Å². The zero-order valence-corrected chi connectivity index (χ0v) is 20.8. The molecule has 34 heavy (non-hydrogen) atoms. The van der Waals surface area contributed by atoms with Crippen LogP contribution in [0.1, 0.15) is 36.0 Å². The van der Waals surface area contributed by atoms with E-state index >= 15 is 0 Å². The fourth-order valence-electron chi connectivity index (χ4n) is 5.32. The fourth-order valence-corrected chi connectivity index (χ4v) is 5.44. The predicted molar refractivity (Wildman–Crippen MR) is 137 cm³/mol. The number of hydrogen-bond donors (Lipinski definition) is 2. The van der Waals surface area contributed by atoms with Crippen LogP contribution in [0.3, 0.4) is 0 Å². The molecule has 5 heteroatoms. The summed E-state index contributed by atoms with van der Waals surface area (Å²) in [5, 5.41) is 12.0. The van der Waals surface area contributed by atoms with Gasteiger partial charge >= 0.3 is 0 Å². The van der Waals surface area contributed by atoms with E-state index < -0.39 is 11.0 Å². The van der Waals surface area contributed by atoms with Crippen molar-refractivity contribution in [2.75, 3.05) is 33.7 Å². The monoisotopic (exact) mass is 477 g/mol. The third-order valence-corrected chi connectivity index (χ3v) is 7.58. The maximum absolute atomic E-state index is 13.8. The zero-order chi connectivity index (χ0) is 24.2. The molecule has 0 aromatic heterocycles. The van der Waals surface area contributed by atoms with Crippen LogP contribution < -0.4 is 4.90 Å².